The van der Waals surface area contributed by atoms with Gasteiger partial charge < -0.3 is 0 Å². The molecule has 0 fully saturated rings. The zero-order valence-electron chi connectivity index (χ0n) is 11.8. The first-order valence-corrected chi connectivity index (χ1v) is 8.09. The molecule has 1 atom stereocenters. The SMILES string of the molecule is CCC(C)n1cc(C=O)c(-c2ccc(SC)cc2Cl)n1. The van der Waals surface area contributed by atoms with Gasteiger partial charge in [0.25, 0.3) is 0 Å². The van der Waals surface area contributed by atoms with Crippen molar-refractivity contribution in [1.29, 1.82) is 0 Å². The Morgan fingerprint density at radius 2 is 2.25 bits per heavy atom. The largest absolute Gasteiger partial charge is 0.298 e. The molecule has 0 saturated carbocycles. The van der Waals surface area contributed by atoms with Crippen LogP contribution in [0.15, 0.2) is 29.3 Å². The van der Waals surface area contributed by atoms with Crippen LogP contribution in [0, 0.1) is 0 Å². The van der Waals surface area contributed by atoms with Gasteiger partial charge in [0.15, 0.2) is 6.29 Å². The van der Waals surface area contributed by atoms with Crippen molar-refractivity contribution in [3.63, 3.8) is 0 Å². The summed E-state index contributed by atoms with van der Waals surface area (Å²) >= 11 is 7.95. The Morgan fingerprint density at radius 1 is 1.50 bits per heavy atom. The van der Waals surface area contributed by atoms with Crippen molar-refractivity contribution in [2.75, 3.05) is 6.26 Å². The number of carbonyl (C=O) groups is 1. The van der Waals surface area contributed by atoms with Crippen LogP contribution >= 0.6 is 23.4 Å². The van der Waals surface area contributed by atoms with Gasteiger partial charge in [0, 0.05) is 22.7 Å². The van der Waals surface area contributed by atoms with E-state index < -0.39 is 0 Å². The molecule has 5 heteroatoms. The summed E-state index contributed by atoms with van der Waals surface area (Å²) in [5.41, 5.74) is 2.02. The smallest absolute Gasteiger partial charge is 0.153 e. The fraction of sp³-hybridized carbons (Fsp3) is 0.333. The van der Waals surface area contributed by atoms with E-state index in [9.17, 15) is 4.79 Å². The van der Waals surface area contributed by atoms with Gasteiger partial charge in [0.05, 0.1) is 10.6 Å². The summed E-state index contributed by atoms with van der Waals surface area (Å²) in [5.74, 6) is 0. The second-order valence-electron chi connectivity index (χ2n) is 4.63. The highest BCUT2D eigenvalue weighted by Gasteiger charge is 2.15. The quantitative estimate of drug-likeness (QED) is 0.592. The van der Waals surface area contributed by atoms with Crippen molar-refractivity contribution in [3.8, 4) is 11.3 Å². The first-order chi connectivity index (χ1) is 9.60. The molecule has 2 aromatic rings. The number of thioether (sulfide) groups is 1. The molecule has 0 spiro atoms. The molecule has 20 heavy (non-hydrogen) atoms. The van der Waals surface area contributed by atoms with Crippen LogP contribution in [0.3, 0.4) is 0 Å². The normalized spacial score (nSPS) is 12.4. The maximum Gasteiger partial charge on any atom is 0.153 e. The van der Waals surface area contributed by atoms with Crippen LogP contribution in [0.5, 0.6) is 0 Å². The molecule has 0 radical (unpaired) electrons. The summed E-state index contributed by atoms with van der Waals surface area (Å²) in [6.07, 6.45) is 5.58. The molecule has 2 rings (SSSR count). The molecule has 0 aliphatic carbocycles. The minimum absolute atomic E-state index is 0.256. The molecule has 0 N–H and O–H groups in total. The number of nitrogens with zero attached hydrogens (tertiary/aromatic N) is 2. The highest BCUT2D eigenvalue weighted by atomic mass is 35.5. The van der Waals surface area contributed by atoms with Gasteiger partial charge >= 0.3 is 0 Å². The molecular weight excluding hydrogens is 292 g/mol. The van der Waals surface area contributed by atoms with Crippen LogP contribution in [0.4, 0.5) is 0 Å². The number of aldehydes is 1. The number of rotatable bonds is 5. The van der Waals surface area contributed by atoms with E-state index in [1.807, 2.05) is 29.1 Å². The van der Waals surface area contributed by atoms with Gasteiger partial charge in [-0.25, -0.2) is 0 Å². The Labute approximate surface area is 128 Å². The summed E-state index contributed by atoms with van der Waals surface area (Å²) in [7, 11) is 0. The molecule has 1 aromatic carbocycles. The Kier molecular flexibility index (Phi) is 4.89. The monoisotopic (exact) mass is 308 g/mol. The molecule has 106 valence electrons. The fourth-order valence-corrected chi connectivity index (χ4v) is 2.70. The van der Waals surface area contributed by atoms with Gasteiger partial charge in [0.2, 0.25) is 0 Å². The van der Waals surface area contributed by atoms with Gasteiger partial charge in [-0.05, 0) is 31.7 Å². The van der Waals surface area contributed by atoms with E-state index >= 15 is 0 Å². The average molecular weight is 309 g/mol. The highest BCUT2D eigenvalue weighted by molar-refractivity contribution is 7.98. The summed E-state index contributed by atoms with van der Waals surface area (Å²) in [6.45, 7) is 4.16. The van der Waals surface area contributed by atoms with Crippen molar-refractivity contribution < 1.29 is 4.79 Å². The topological polar surface area (TPSA) is 34.9 Å². The Morgan fingerprint density at radius 3 is 2.80 bits per heavy atom. The van der Waals surface area contributed by atoms with Gasteiger partial charge in [0.1, 0.15) is 5.69 Å². The third-order valence-corrected chi connectivity index (χ3v) is 4.40. The van der Waals surface area contributed by atoms with Crippen LogP contribution < -0.4 is 0 Å². The summed E-state index contributed by atoms with van der Waals surface area (Å²) in [5, 5.41) is 5.15. The highest BCUT2D eigenvalue weighted by Crippen LogP contribution is 2.32. The summed E-state index contributed by atoms with van der Waals surface area (Å²) in [4.78, 5) is 12.3. The molecule has 0 saturated heterocycles. The minimum Gasteiger partial charge on any atom is -0.298 e. The lowest BCUT2D eigenvalue weighted by Gasteiger charge is -2.08. The zero-order chi connectivity index (χ0) is 14.7. The Hall–Kier alpha value is -1.26. The van der Waals surface area contributed by atoms with Gasteiger partial charge in [-0.15, -0.1) is 11.8 Å². The maximum atomic E-state index is 11.3. The van der Waals surface area contributed by atoms with E-state index in [-0.39, 0.29) is 6.04 Å². The van der Waals surface area contributed by atoms with Crippen molar-refractivity contribution in [3.05, 3.63) is 35.0 Å². The number of hydrogen-bond donors (Lipinski definition) is 0. The average Bonchev–Trinajstić information content (AvgIpc) is 2.90. The van der Waals surface area contributed by atoms with Crippen molar-refractivity contribution in [1.82, 2.24) is 9.78 Å². The number of aromatic nitrogens is 2. The van der Waals surface area contributed by atoms with E-state index in [0.717, 1.165) is 23.2 Å². The van der Waals surface area contributed by atoms with Crippen molar-refractivity contribution in [2.24, 2.45) is 0 Å². The second-order valence-corrected chi connectivity index (χ2v) is 5.92. The fourth-order valence-electron chi connectivity index (χ4n) is 1.93. The Bertz CT molecular complexity index is 624. The molecule has 0 amide bonds. The van der Waals surface area contributed by atoms with E-state index in [0.29, 0.717) is 16.3 Å². The molecule has 1 aromatic heterocycles. The summed E-state index contributed by atoms with van der Waals surface area (Å²) in [6, 6.07) is 6.07. The van der Waals surface area contributed by atoms with Crippen LogP contribution in [0.2, 0.25) is 5.02 Å². The van der Waals surface area contributed by atoms with Gasteiger partial charge in [-0.1, -0.05) is 24.6 Å². The Balaban J connectivity index is 2.51. The first kappa shape index (κ1) is 15.1. The number of carbonyl (C=O) groups excluding carboxylic acids is 1. The van der Waals surface area contributed by atoms with E-state index in [4.69, 9.17) is 11.6 Å². The van der Waals surface area contributed by atoms with Crippen molar-refractivity contribution >= 4 is 29.6 Å². The van der Waals surface area contributed by atoms with Crippen LogP contribution in [0.1, 0.15) is 36.7 Å². The number of halogens is 1. The van der Waals surface area contributed by atoms with E-state index in [1.54, 1.807) is 18.0 Å². The second kappa shape index (κ2) is 6.46. The van der Waals surface area contributed by atoms with Gasteiger partial charge in [-0.3, -0.25) is 9.48 Å². The van der Waals surface area contributed by atoms with Crippen LogP contribution in [-0.4, -0.2) is 22.3 Å². The lowest BCUT2D eigenvalue weighted by atomic mass is 10.1. The third kappa shape index (κ3) is 2.91. The molecule has 0 aliphatic rings. The van der Waals surface area contributed by atoms with Crippen LogP contribution in [0.25, 0.3) is 11.3 Å². The summed E-state index contributed by atoms with van der Waals surface area (Å²) < 4.78 is 1.83. The van der Waals surface area contributed by atoms with E-state index in [2.05, 4.69) is 18.9 Å². The zero-order valence-corrected chi connectivity index (χ0v) is 13.3. The molecule has 3 nitrogen and oxygen atoms in total. The van der Waals surface area contributed by atoms with E-state index in [1.165, 1.54) is 0 Å². The molecule has 1 heterocycles. The number of benzene rings is 1. The molecular formula is C15H17ClN2OS. The van der Waals surface area contributed by atoms with Crippen molar-refractivity contribution in [2.45, 2.75) is 31.2 Å². The maximum absolute atomic E-state index is 11.3. The molecule has 0 aliphatic heterocycles. The molecule has 1 unspecified atom stereocenters. The lowest BCUT2D eigenvalue weighted by Crippen LogP contribution is -2.04. The standard InChI is InChI=1S/C15H17ClN2OS/c1-4-10(2)18-8-11(9-19)15(17-18)13-6-5-12(20-3)7-14(13)16/h5-10H,4H2,1-3H3. The first-order valence-electron chi connectivity index (χ1n) is 6.49. The number of hydrogen-bond acceptors (Lipinski definition) is 3. The van der Waals surface area contributed by atoms with Crippen LogP contribution in [-0.2, 0) is 0 Å². The predicted molar refractivity (Wildman–Crippen MR) is 84.8 cm³/mol. The minimum atomic E-state index is 0.256. The predicted octanol–water partition coefficient (Wildman–Crippen LogP) is 4.71. The third-order valence-electron chi connectivity index (χ3n) is 3.36. The van der Waals surface area contributed by atoms with Gasteiger partial charge in [-0.2, -0.15) is 5.10 Å². The lowest BCUT2D eigenvalue weighted by molar-refractivity contribution is 0.112. The molecule has 0 bridgehead atoms.